The molecule has 0 heterocycles. The lowest BCUT2D eigenvalue weighted by atomic mass is 10.00. The largest absolute Gasteiger partial charge is 0.396 e. The van der Waals surface area contributed by atoms with Crippen LogP contribution in [0.3, 0.4) is 0 Å². The predicted molar refractivity (Wildman–Crippen MR) is 50.0 cm³/mol. The van der Waals surface area contributed by atoms with Crippen molar-refractivity contribution in [1.82, 2.24) is 0 Å². The Bertz CT molecular complexity index is 121. The van der Waals surface area contributed by atoms with E-state index in [0.29, 0.717) is 24.5 Å². The molecule has 0 aliphatic rings. The highest BCUT2D eigenvalue weighted by atomic mass is 16.3. The van der Waals surface area contributed by atoms with E-state index in [1.54, 1.807) is 0 Å². The van der Waals surface area contributed by atoms with Crippen molar-refractivity contribution in [1.29, 1.82) is 0 Å². The van der Waals surface area contributed by atoms with Crippen LogP contribution >= 0.6 is 0 Å². The molecule has 72 valence electrons. The van der Waals surface area contributed by atoms with Crippen LogP contribution in [0.1, 0.15) is 46.0 Å². The van der Waals surface area contributed by atoms with Gasteiger partial charge in [-0.05, 0) is 18.8 Å². The molecule has 1 atom stereocenters. The Kier molecular flexibility index (Phi) is 7.06. The van der Waals surface area contributed by atoms with E-state index in [1.807, 2.05) is 6.92 Å². The van der Waals surface area contributed by atoms with Crippen LogP contribution in [0.4, 0.5) is 0 Å². The molecule has 0 aromatic heterocycles. The molecule has 0 saturated heterocycles. The highest BCUT2D eigenvalue weighted by molar-refractivity contribution is 5.77. The molecule has 2 nitrogen and oxygen atoms in total. The second-order valence-electron chi connectivity index (χ2n) is 3.40. The topological polar surface area (TPSA) is 37.3 Å². The lowest BCUT2D eigenvalue weighted by molar-refractivity contribution is -0.118. The van der Waals surface area contributed by atoms with Crippen molar-refractivity contribution in [2.24, 2.45) is 5.92 Å². The Morgan fingerprint density at radius 1 is 1.42 bits per heavy atom. The third-order valence-corrected chi connectivity index (χ3v) is 2.17. The van der Waals surface area contributed by atoms with Crippen molar-refractivity contribution in [2.75, 3.05) is 6.61 Å². The summed E-state index contributed by atoms with van der Waals surface area (Å²) in [5.74, 6) is 0.908. The Morgan fingerprint density at radius 3 is 2.58 bits per heavy atom. The SMILES string of the molecule is CCC(=O)CCCC(C)CCO. The second kappa shape index (κ2) is 7.29. The number of carbonyl (C=O) groups is 1. The molecule has 0 spiro atoms. The van der Waals surface area contributed by atoms with Crippen molar-refractivity contribution in [3.63, 3.8) is 0 Å². The van der Waals surface area contributed by atoms with Gasteiger partial charge in [-0.1, -0.05) is 20.3 Å². The molecular formula is C10H20O2. The molecule has 0 aromatic carbocycles. The summed E-state index contributed by atoms with van der Waals surface area (Å²) in [7, 11) is 0. The summed E-state index contributed by atoms with van der Waals surface area (Å²) < 4.78 is 0. The zero-order valence-corrected chi connectivity index (χ0v) is 8.18. The minimum absolute atomic E-state index is 0.267. The van der Waals surface area contributed by atoms with Gasteiger partial charge in [0.15, 0.2) is 0 Å². The quantitative estimate of drug-likeness (QED) is 0.639. The molecule has 0 aliphatic heterocycles. The summed E-state index contributed by atoms with van der Waals surface area (Å²) in [4.78, 5) is 10.9. The van der Waals surface area contributed by atoms with Crippen LogP contribution in [0.5, 0.6) is 0 Å². The first kappa shape index (κ1) is 11.6. The molecule has 0 saturated carbocycles. The van der Waals surface area contributed by atoms with E-state index in [9.17, 15) is 4.79 Å². The molecule has 1 unspecified atom stereocenters. The van der Waals surface area contributed by atoms with Gasteiger partial charge in [-0.3, -0.25) is 4.79 Å². The van der Waals surface area contributed by atoms with Crippen molar-refractivity contribution in [2.45, 2.75) is 46.0 Å². The van der Waals surface area contributed by atoms with Gasteiger partial charge < -0.3 is 5.11 Å². The molecule has 1 N–H and O–H groups in total. The van der Waals surface area contributed by atoms with Gasteiger partial charge in [-0.2, -0.15) is 0 Å². The number of aliphatic hydroxyl groups excluding tert-OH is 1. The Balaban J connectivity index is 3.24. The molecular weight excluding hydrogens is 152 g/mol. The predicted octanol–water partition coefficient (Wildman–Crippen LogP) is 2.15. The standard InChI is InChI=1S/C10H20O2/c1-3-10(12)6-4-5-9(2)7-8-11/h9,11H,3-8H2,1-2H3. The zero-order chi connectivity index (χ0) is 9.40. The summed E-state index contributed by atoms with van der Waals surface area (Å²) in [6.07, 6.45) is 4.28. The molecule has 0 rings (SSSR count). The summed E-state index contributed by atoms with van der Waals surface area (Å²) in [6, 6.07) is 0. The van der Waals surface area contributed by atoms with E-state index in [-0.39, 0.29) is 6.61 Å². The average Bonchev–Trinajstić information content (AvgIpc) is 2.04. The number of aliphatic hydroxyl groups is 1. The third kappa shape index (κ3) is 6.35. The van der Waals surface area contributed by atoms with Gasteiger partial charge >= 0.3 is 0 Å². The molecule has 0 fully saturated rings. The number of Topliss-reactive ketones (excluding diaryl/α,β-unsaturated/α-hetero) is 1. The normalized spacial score (nSPS) is 12.9. The maximum atomic E-state index is 10.9. The summed E-state index contributed by atoms with van der Waals surface area (Å²) in [5, 5.41) is 8.62. The molecule has 0 bridgehead atoms. The average molecular weight is 172 g/mol. The number of hydrogen-bond donors (Lipinski definition) is 1. The lowest BCUT2D eigenvalue weighted by Gasteiger charge is -2.07. The monoisotopic (exact) mass is 172 g/mol. The van der Waals surface area contributed by atoms with E-state index >= 15 is 0 Å². The number of ketones is 1. The van der Waals surface area contributed by atoms with Crippen LogP contribution in [0, 0.1) is 5.92 Å². The minimum Gasteiger partial charge on any atom is -0.396 e. The highest BCUT2D eigenvalue weighted by Gasteiger charge is 2.02. The summed E-state index contributed by atoms with van der Waals surface area (Å²) >= 11 is 0. The van der Waals surface area contributed by atoms with Crippen LogP contribution in [-0.2, 0) is 4.79 Å². The molecule has 0 radical (unpaired) electrons. The molecule has 0 aromatic rings. The van der Waals surface area contributed by atoms with E-state index in [4.69, 9.17) is 5.11 Å². The van der Waals surface area contributed by atoms with Crippen LogP contribution in [0.15, 0.2) is 0 Å². The molecule has 2 heteroatoms. The van der Waals surface area contributed by atoms with Gasteiger partial charge in [0.2, 0.25) is 0 Å². The third-order valence-electron chi connectivity index (χ3n) is 2.17. The van der Waals surface area contributed by atoms with Gasteiger partial charge in [0.25, 0.3) is 0 Å². The van der Waals surface area contributed by atoms with E-state index in [0.717, 1.165) is 19.3 Å². The Morgan fingerprint density at radius 2 is 2.08 bits per heavy atom. The van der Waals surface area contributed by atoms with Gasteiger partial charge in [-0.15, -0.1) is 0 Å². The van der Waals surface area contributed by atoms with E-state index < -0.39 is 0 Å². The first-order chi connectivity index (χ1) is 5.70. The maximum Gasteiger partial charge on any atom is 0.132 e. The second-order valence-corrected chi connectivity index (χ2v) is 3.40. The van der Waals surface area contributed by atoms with Crippen molar-refractivity contribution in [3.05, 3.63) is 0 Å². The van der Waals surface area contributed by atoms with Gasteiger partial charge in [0.05, 0.1) is 0 Å². The number of hydrogen-bond acceptors (Lipinski definition) is 2. The maximum absolute atomic E-state index is 10.9. The Hall–Kier alpha value is -0.370. The Labute approximate surface area is 75.0 Å². The van der Waals surface area contributed by atoms with Gasteiger partial charge in [0, 0.05) is 19.4 Å². The fourth-order valence-electron chi connectivity index (χ4n) is 1.19. The lowest BCUT2D eigenvalue weighted by Crippen LogP contribution is -2.00. The van der Waals surface area contributed by atoms with Crippen LogP contribution in [0.2, 0.25) is 0 Å². The zero-order valence-electron chi connectivity index (χ0n) is 8.18. The first-order valence-corrected chi connectivity index (χ1v) is 4.83. The van der Waals surface area contributed by atoms with Gasteiger partial charge in [-0.25, -0.2) is 0 Å². The van der Waals surface area contributed by atoms with Crippen LogP contribution < -0.4 is 0 Å². The van der Waals surface area contributed by atoms with Crippen molar-refractivity contribution in [3.8, 4) is 0 Å². The van der Waals surface area contributed by atoms with Crippen molar-refractivity contribution < 1.29 is 9.90 Å². The summed E-state index contributed by atoms with van der Waals surface area (Å²) in [6.45, 7) is 4.29. The number of carbonyl (C=O) groups excluding carboxylic acids is 1. The van der Waals surface area contributed by atoms with Crippen molar-refractivity contribution >= 4 is 5.78 Å². The minimum atomic E-state index is 0.267. The van der Waals surface area contributed by atoms with E-state index in [2.05, 4.69) is 6.92 Å². The molecule has 0 amide bonds. The van der Waals surface area contributed by atoms with Crippen LogP contribution in [0.25, 0.3) is 0 Å². The molecule has 12 heavy (non-hydrogen) atoms. The van der Waals surface area contributed by atoms with E-state index in [1.165, 1.54) is 0 Å². The highest BCUT2D eigenvalue weighted by Crippen LogP contribution is 2.11. The smallest absolute Gasteiger partial charge is 0.132 e. The first-order valence-electron chi connectivity index (χ1n) is 4.83. The van der Waals surface area contributed by atoms with Crippen LogP contribution in [-0.4, -0.2) is 17.5 Å². The van der Waals surface area contributed by atoms with Gasteiger partial charge in [0.1, 0.15) is 5.78 Å². The molecule has 0 aliphatic carbocycles. The number of rotatable bonds is 7. The summed E-state index contributed by atoms with van der Waals surface area (Å²) in [5.41, 5.74) is 0. The fraction of sp³-hybridized carbons (Fsp3) is 0.900. The fourth-order valence-corrected chi connectivity index (χ4v) is 1.19.